The Hall–Kier alpha value is -2.45. The molecule has 2 aromatic carbocycles. The number of carbonyl (C=O) groups excluding carboxylic acids is 2. The maximum atomic E-state index is 13.5. The van der Waals surface area contributed by atoms with E-state index in [1.54, 1.807) is 4.90 Å². The summed E-state index contributed by atoms with van der Waals surface area (Å²) in [7, 11) is 1.62. The van der Waals surface area contributed by atoms with Crippen LogP contribution in [0, 0.1) is 11.8 Å². The van der Waals surface area contributed by atoms with E-state index in [-0.39, 0.29) is 42.2 Å². The number of rotatable bonds is 12. The molecule has 10 heteroatoms. The Bertz CT molecular complexity index is 1260. The number of hydrogen-bond acceptors (Lipinski definition) is 7. The van der Waals surface area contributed by atoms with Gasteiger partial charge in [0.2, 0.25) is 5.91 Å². The smallest absolute Gasteiger partial charge is 0.358 e. The molecule has 5 atom stereocenters. The van der Waals surface area contributed by atoms with E-state index in [9.17, 15) is 9.59 Å². The number of nitrogens with two attached hydrogens (primary N) is 1. The van der Waals surface area contributed by atoms with Crippen LogP contribution in [-0.2, 0) is 18.5 Å². The monoisotopic (exact) mass is 571 g/mol. The summed E-state index contributed by atoms with van der Waals surface area (Å²) >= 11 is 0. The van der Waals surface area contributed by atoms with Gasteiger partial charge in [-0.25, -0.2) is 4.79 Å². The molecule has 2 aromatic rings. The van der Waals surface area contributed by atoms with Crippen LogP contribution in [0.3, 0.4) is 0 Å². The maximum Gasteiger partial charge on any atom is 0.358 e. The van der Waals surface area contributed by atoms with Gasteiger partial charge in [0.05, 0.1) is 18.1 Å². The standard InChI is InChI=1S/C29H42N3O5PSi/c1-8-39(9-2,10-3)37-19(5)25-26-18(4)22(27(29(34)36-38-30)32(26)28(25)33)17-35-24-16-12-13-20-21(24)14-11-15-23(20)31(6)7/h11-16,18-19,25-26,38H,8-10,17,30H2,1-7H3/t18-,19+,25+,26+/m0/s1. The number of ether oxygens (including phenoxy) is 1. The normalized spacial score (nSPS) is 21.9. The molecule has 0 radical (unpaired) electrons. The topological polar surface area (TPSA) is 94.3 Å². The summed E-state index contributed by atoms with van der Waals surface area (Å²) in [5.74, 6) is -0.333. The average Bonchev–Trinajstić information content (AvgIpc) is 3.18. The third-order valence-electron chi connectivity index (χ3n) is 8.74. The van der Waals surface area contributed by atoms with Gasteiger partial charge in [-0.1, -0.05) is 52.0 Å². The van der Waals surface area contributed by atoms with E-state index >= 15 is 0 Å². The summed E-state index contributed by atoms with van der Waals surface area (Å²) in [5.41, 5.74) is 7.71. The van der Waals surface area contributed by atoms with E-state index in [0.29, 0.717) is 0 Å². The lowest BCUT2D eigenvalue weighted by Gasteiger charge is -2.49. The fourth-order valence-electron chi connectivity index (χ4n) is 6.32. The lowest BCUT2D eigenvalue weighted by molar-refractivity contribution is -0.161. The van der Waals surface area contributed by atoms with E-state index in [1.807, 2.05) is 45.3 Å². The van der Waals surface area contributed by atoms with Crippen molar-refractivity contribution in [2.24, 2.45) is 17.3 Å². The van der Waals surface area contributed by atoms with Gasteiger partial charge in [-0.2, -0.15) is 0 Å². The number of hydrogen-bond donors (Lipinski definition) is 1. The molecule has 1 amide bonds. The summed E-state index contributed by atoms with van der Waals surface area (Å²) in [4.78, 5) is 30.3. The highest BCUT2D eigenvalue weighted by molar-refractivity contribution is 7.29. The number of amides is 1. The van der Waals surface area contributed by atoms with Crippen molar-refractivity contribution in [3.8, 4) is 5.75 Å². The summed E-state index contributed by atoms with van der Waals surface area (Å²) in [6.45, 7) is 10.8. The molecule has 2 aliphatic rings. The predicted octanol–water partition coefficient (Wildman–Crippen LogP) is 5.44. The van der Waals surface area contributed by atoms with Crippen LogP contribution >= 0.6 is 8.96 Å². The fourth-order valence-corrected chi connectivity index (χ4v) is 9.45. The molecular formula is C29H42N3O5PSi. The molecule has 4 rings (SSSR count). The van der Waals surface area contributed by atoms with Gasteiger partial charge < -0.3 is 23.5 Å². The molecule has 0 saturated carbocycles. The second-order valence-electron chi connectivity index (χ2n) is 10.8. The van der Waals surface area contributed by atoms with Crippen LogP contribution in [0.1, 0.15) is 34.6 Å². The van der Waals surface area contributed by atoms with Crippen LogP contribution in [0.5, 0.6) is 5.75 Å². The Morgan fingerprint density at radius 1 is 1.10 bits per heavy atom. The SMILES string of the molecule is CC[Si](CC)(CC)O[C@H](C)[C@H]1C(=O)N2C(C(=O)OPN)=C(COc3cccc4c(N(C)C)cccc34)[C@H](C)[C@H]12. The summed E-state index contributed by atoms with van der Waals surface area (Å²) < 4.78 is 18.3. The van der Waals surface area contributed by atoms with E-state index in [2.05, 4.69) is 44.7 Å². The van der Waals surface area contributed by atoms with Crippen molar-refractivity contribution in [2.45, 2.75) is 64.9 Å². The highest BCUT2D eigenvalue weighted by Gasteiger charge is 2.61. The van der Waals surface area contributed by atoms with E-state index in [4.69, 9.17) is 19.2 Å². The van der Waals surface area contributed by atoms with Crippen molar-refractivity contribution in [3.05, 3.63) is 47.7 Å². The summed E-state index contributed by atoms with van der Waals surface area (Å²) in [6, 6.07) is 15.0. The van der Waals surface area contributed by atoms with Gasteiger partial charge in [0.1, 0.15) is 27.0 Å². The maximum absolute atomic E-state index is 13.5. The third kappa shape index (κ3) is 5.22. The van der Waals surface area contributed by atoms with E-state index in [0.717, 1.165) is 45.9 Å². The second-order valence-corrected chi connectivity index (χ2v) is 15.9. The molecule has 1 saturated heterocycles. The zero-order chi connectivity index (χ0) is 28.5. The lowest BCUT2D eigenvalue weighted by Crippen LogP contribution is -2.65. The highest BCUT2D eigenvalue weighted by atomic mass is 31.1. The fraction of sp³-hybridized carbons (Fsp3) is 0.517. The number of benzene rings is 2. The second kappa shape index (κ2) is 12.0. The first-order valence-electron chi connectivity index (χ1n) is 13.9. The summed E-state index contributed by atoms with van der Waals surface area (Å²) in [6.07, 6.45) is -0.218. The minimum atomic E-state index is -1.91. The highest BCUT2D eigenvalue weighted by Crippen LogP contribution is 2.49. The van der Waals surface area contributed by atoms with Gasteiger partial charge >= 0.3 is 5.97 Å². The lowest BCUT2D eigenvalue weighted by atomic mass is 9.78. The van der Waals surface area contributed by atoms with Crippen molar-refractivity contribution < 1.29 is 23.3 Å². The molecule has 0 aromatic heterocycles. The number of carbonyl (C=O) groups is 2. The molecular weight excluding hydrogens is 529 g/mol. The molecule has 2 N–H and O–H groups in total. The average molecular weight is 572 g/mol. The van der Waals surface area contributed by atoms with E-state index < -0.39 is 23.2 Å². The third-order valence-corrected chi connectivity index (χ3v) is 13.8. The minimum Gasteiger partial charge on any atom is -0.488 e. The van der Waals surface area contributed by atoms with Crippen molar-refractivity contribution in [1.82, 2.24) is 4.90 Å². The zero-order valence-corrected chi connectivity index (χ0v) is 26.1. The van der Waals surface area contributed by atoms with Crippen LogP contribution in [0.4, 0.5) is 5.69 Å². The van der Waals surface area contributed by atoms with Crippen LogP contribution < -0.4 is 15.1 Å². The van der Waals surface area contributed by atoms with Crippen LogP contribution in [0.2, 0.25) is 18.1 Å². The van der Waals surface area contributed by atoms with Gasteiger partial charge in [0, 0.05) is 42.0 Å². The molecule has 39 heavy (non-hydrogen) atoms. The Morgan fingerprint density at radius 2 is 1.74 bits per heavy atom. The van der Waals surface area contributed by atoms with Crippen molar-refractivity contribution in [1.29, 1.82) is 0 Å². The Labute approximate surface area is 234 Å². The molecule has 0 aliphatic carbocycles. The van der Waals surface area contributed by atoms with Crippen LogP contribution in [0.15, 0.2) is 47.7 Å². The summed E-state index contributed by atoms with van der Waals surface area (Å²) in [5, 5.41) is 2.07. The van der Waals surface area contributed by atoms with Crippen LogP contribution in [-0.4, -0.2) is 57.9 Å². The molecule has 1 unspecified atom stereocenters. The molecule has 0 bridgehead atoms. The van der Waals surface area contributed by atoms with Gasteiger partial charge in [-0.15, -0.1) is 0 Å². The van der Waals surface area contributed by atoms with Gasteiger partial charge in [0.15, 0.2) is 8.32 Å². The van der Waals surface area contributed by atoms with Crippen molar-refractivity contribution in [2.75, 3.05) is 25.6 Å². The Balaban J connectivity index is 1.63. The number of fused-ring (bicyclic) bond motifs is 2. The zero-order valence-electron chi connectivity index (χ0n) is 24.1. The molecule has 2 heterocycles. The quantitative estimate of drug-likeness (QED) is 0.206. The number of nitrogens with zero attached hydrogens (tertiary/aromatic N) is 2. The van der Waals surface area contributed by atoms with Crippen molar-refractivity contribution >= 4 is 45.6 Å². The molecule has 1 fully saturated rings. The van der Waals surface area contributed by atoms with Crippen LogP contribution in [0.25, 0.3) is 10.8 Å². The largest absolute Gasteiger partial charge is 0.488 e. The Kier molecular flexibility index (Phi) is 9.06. The first-order chi connectivity index (χ1) is 18.6. The number of β-lactam (4-membered cyclic amide) rings is 1. The molecule has 2 aliphatic heterocycles. The first-order valence-corrected chi connectivity index (χ1v) is 17.4. The molecule has 8 nitrogen and oxygen atoms in total. The van der Waals surface area contributed by atoms with E-state index in [1.165, 1.54) is 0 Å². The molecule has 0 spiro atoms. The first kappa shape index (κ1) is 29.5. The van der Waals surface area contributed by atoms with Gasteiger partial charge in [0.25, 0.3) is 0 Å². The van der Waals surface area contributed by atoms with Gasteiger partial charge in [-0.3, -0.25) is 10.3 Å². The van der Waals surface area contributed by atoms with Crippen molar-refractivity contribution in [3.63, 3.8) is 0 Å². The number of anilines is 1. The Morgan fingerprint density at radius 3 is 2.36 bits per heavy atom. The molecule has 212 valence electrons. The predicted molar refractivity (Wildman–Crippen MR) is 160 cm³/mol. The van der Waals surface area contributed by atoms with Gasteiger partial charge in [-0.05, 0) is 37.2 Å². The minimum absolute atomic E-state index is 0.0873.